The van der Waals surface area contributed by atoms with Gasteiger partial charge in [-0.1, -0.05) is 0 Å². The van der Waals surface area contributed by atoms with Crippen LogP contribution in [0.2, 0.25) is 0 Å². The number of nitrogens with two attached hydrogens (primary N) is 1. The number of halogens is 1. The Morgan fingerprint density at radius 2 is 2.10 bits per heavy atom. The fourth-order valence-corrected chi connectivity index (χ4v) is 3.03. The molecule has 1 unspecified atom stereocenters. The van der Waals surface area contributed by atoms with Crippen LogP contribution >= 0.6 is 11.3 Å². The number of hydrogen-bond acceptors (Lipinski definition) is 5. The summed E-state index contributed by atoms with van der Waals surface area (Å²) in [5.41, 5.74) is 7.29. The van der Waals surface area contributed by atoms with E-state index in [-0.39, 0.29) is 11.7 Å². The summed E-state index contributed by atoms with van der Waals surface area (Å²) in [7, 11) is 1.51. The van der Waals surface area contributed by atoms with E-state index in [1.165, 1.54) is 13.2 Å². The minimum Gasteiger partial charge on any atom is -0.495 e. The van der Waals surface area contributed by atoms with Crippen molar-refractivity contribution in [2.45, 2.75) is 26.8 Å². The molecule has 0 aliphatic rings. The quantitative estimate of drug-likeness (QED) is 0.845. The Morgan fingerprint density at radius 3 is 2.65 bits per heavy atom. The highest BCUT2D eigenvalue weighted by atomic mass is 32.1. The first-order valence-electron chi connectivity index (χ1n) is 6.25. The van der Waals surface area contributed by atoms with Crippen LogP contribution < -0.4 is 15.8 Å². The van der Waals surface area contributed by atoms with Crippen molar-refractivity contribution in [3.8, 4) is 5.75 Å². The Morgan fingerprint density at radius 1 is 1.40 bits per heavy atom. The van der Waals surface area contributed by atoms with Gasteiger partial charge in [0, 0.05) is 17.0 Å². The molecule has 0 amide bonds. The largest absolute Gasteiger partial charge is 0.495 e. The fraction of sp³-hybridized carbons (Fsp3) is 0.357. The van der Waals surface area contributed by atoms with Gasteiger partial charge in [0.1, 0.15) is 11.6 Å². The molecule has 0 fully saturated rings. The average Bonchev–Trinajstić information content (AvgIpc) is 2.71. The lowest BCUT2D eigenvalue weighted by atomic mass is 10.2. The van der Waals surface area contributed by atoms with Gasteiger partial charge >= 0.3 is 0 Å². The third-order valence-electron chi connectivity index (χ3n) is 3.02. The summed E-state index contributed by atoms with van der Waals surface area (Å²) in [6, 6.07) is 2.80. The number of aromatic nitrogens is 1. The van der Waals surface area contributed by atoms with Gasteiger partial charge in [-0.05, 0) is 20.8 Å². The van der Waals surface area contributed by atoms with Gasteiger partial charge in [-0.2, -0.15) is 0 Å². The predicted molar refractivity (Wildman–Crippen MR) is 81.0 cm³/mol. The maximum atomic E-state index is 13.9. The van der Waals surface area contributed by atoms with Gasteiger partial charge in [0.05, 0.1) is 35.2 Å². The average molecular weight is 295 g/mol. The molecular formula is C14H18FN3OS. The summed E-state index contributed by atoms with van der Waals surface area (Å²) >= 11 is 1.61. The molecule has 3 N–H and O–H groups in total. The van der Waals surface area contributed by atoms with Gasteiger partial charge in [-0.15, -0.1) is 11.3 Å². The van der Waals surface area contributed by atoms with E-state index < -0.39 is 5.82 Å². The van der Waals surface area contributed by atoms with Crippen LogP contribution in [0.15, 0.2) is 12.1 Å². The molecule has 0 radical (unpaired) electrons. The lowest BCUT2D eigenvalue weighted by Crippen LogP contribution is -2.08. The second-order valence-corrected chi connectivity index (χ2v) is 5.86. The van der Waals surface area contributed by atoms with E-state index >= 15 is 0 Å². The standard InChI is InChI=1S/C14H18FN3OS/c1-7-14(20-9(3)17-7)8(2)18-12-6-13(19-4)11(16)5-10(12)15/h5-6,8,18H,16H2,1-4H3. The van der Waals surface area contributed by atoms with Gasteiger partial charge in [-0.25, -0.2) is 9.37 Å². The smallest absolute Gasteiger partial charge is 0.148 e. The maximum Gasteiger partial charge on any atom is 0.148 e. The molecule has 0 bridgehead atoms. The number of nitrogen functional groups attached to an aromatic ring is 1. The van der Waals surface area contributed by atoms with Crippen molar-refractivity contribution in [2.24, 2.45) is 0 Å². The van der Waals surface area contributed by atoms with Crippen molar-refractivity contribution in [1.82, 2.24) is 4.98 Å². The first-order chi connectivity index (χ1) is 9.42. The number of methoxy groups -OCH3 is 1. The van der Waals surface area contributed by atoms with Crippen molar-refractivity contribution < 1.29 is 9.13 Å². The van der Waals surface area contributed by atoms with Crippen LogP contribution in [0.3, 0.4) is 0 Å². The SMILES string of the molecule is COc1cc(NC(C)c2sc(C)nc2C)c(F)cc1N. The van der Waals surface area contributed by atoms with Gasteiger partial charge < -0.3 is 15.8 Å². The Bertz CT molecular complexity index is 627. The van der Waals surface area contributed by atoms with Crippen LogP contribution in [0.25, 0.3) is 0 Å². The molecular weight excluding hydrogens is 277 g/mol. The molecule has 20 heavy (non-hydrogen) atoms. The number of hydrogen-bond donors (Lipinski definition) is 2. The Labute approximate surface area is 121 Å². The van der Waals surface area contributed by atoms with Gasteiger partial charge in [-0.3, -0.25) is 0 Å². The van der Waals surface area contributed by atoms with E-state index in [0.29, 0.717) is 11.4 Å². The van der Waals surface area contributed by atoms with Gasteiger partial charge in [0.15, 0.2) is 0 Å². The Hall–Kier alpha value is -1.82. The molecule has 0 aliphatic carbocycles. The second kappa shape index (κ2) is 5.66. The molecule has 1 heterocycles. The molecule has 0 spiro atoms. The van der Waals surface area contributed by atoms with E-state index in [1.54, 1.807) is 17.4 Å². The monoisotopic (exact) mass is 295 g/mol. The van der Waals surface area contributed by atoms with Gasteiger partial charge in [0.2, 0.25) is 0 Å². The number of thiazole rings is 1. The summed E-state index contributed by atoms with van der Waals surface area (Å²) in [6.07, 6.45) is 0. The maximum absolute atomic E-state index is 13.9. The minimum absolute atomic E-state index is 0.0379. The molecule has 6 heteroatoms. The van der Waals surface area contributed by atoms with Crippen molar-refractivity contribution in [2.75, 3.05) is 18.2 Å². The number of benzene rings is 1. The van der Waals surface area contributed by atoms with E-state index in [1.807, 2.05) is 20.8 Å². The number of rotatable bonds is 4. The number of nitrogens with zero attached hydrogens (tertiary/aromatic N) is 1. The number of ether oxygens (including phenoxy) is 1. The first-order valence-corrected chi connectivity index (χ1v) is 7.07. The lowest BCUT2D eigenvalue weighted by Gasteiger charge is -2.16. The summed E-state index contributed by atoms with van der Waals surface area (Å²) in [5.74, 6) is 0.0624. The third-order valence-corrected chi connectivity index (χ3v) is 4.28. The van der Waals surface area contributed by atoms with E-state index in [2.05, 4.69) is 10.3 Å². The van der Waals surface area contributed by atoms with Crippen LogP contribution in [0.1, 0.15) is 28.5 Å². The summed E-state index contributed by atoms with van der Waals surface area (Å²) in [6.45, 7) is 5.89. The number of aryl methyl sites for hydroxylation is 2. The third kappa shape index (κ3) is 2.85. The normalized spacial score (nSPS) is 12.2. The topological polar surface area (TPSA) is 60.2 Å². The number of nitrogens with one attached hydrogen (secondary N) is 1. The molecule has 0 aliphatic heterocycles. The molecule has 0 saturated heterocycles. The molecule has 1 aromatic carbocycles. The summed E-state index contributed by atoms with van der Waals surface area (Å²) in [4.78, 5) is 5.48. The Kier molecular flexibility index (Phi) is 4.13. The minimum atomic E-state index is -0.394. The predicted octanol–water partition coefficient (Wildman–Crippen LogP) is 3.66. The van der Waals surface area contributed by atoms with E-state index in [0.717, 1.165) is 15.6 Å². The molecule has 2 aromatic rings. The fourth-order valence-electron chi connectivity index (χ4n) is 2.10. The zero-order chi connectivity index (χ0) is 14.9. The zero-order valence-electron chi connectivity index (χ0n) is 12.0. The molecule has 1 aromatic heterocycles. The lowest BCUT2D eigenvalue weighted by molar-refractivity contribution is 0.416. The van der Waals surface area contributed by atoms with Crippen LogP contribution in [0.5, 0.6) is 5.75 Å². The summed E-state index contributed by atoms with van der Waals surface area (Å²) in [5, 5.41) is 4.14. The van der Waals surface area contributed by atoms with Crippen molar-refractivity contribution >= 4 is 22.7 Å². The van der Waals surface area contributed by atoms with Crippen molar-refractivity contribution in [1.29, 1.82) is 0 Å². The molecule has 1 atom stereocenters. The first kappa shape index (κ1) is 14.6. The highest BCUT2D eigenvalue weighted by molar-refractivity contribution is 7.11. The zero-order valence-corrected chi connectivity index (χ0v) is 12.8. The second-order valence-electron chi connectivity index (χ2n) is 4.62. The van der Waals surface area contributed by atoms with E-state index in [9.17, 15) is 4.39 Å². The van der Waals surface area contributed by atoms with Crippen molar-refractivity contribution in [3.63, 3.8) is 0 Å². The van der Waals surface area contributed by atoms with Crippen LogP contribution in [-0.2, 0) is 0 Å². The Balaban J connectivity index is 2.27. The van der Waals surface area contributed by atoms with Gasteiger partial charge in [0.25, 0.3) is 0 Å². The molecule has 4 nitrogen and oxygen atoms in total. The molecule has 0 saturated carbocycles. The molecule has 2 rings (SSSR count). The van der Waals surface area contributed by atoms with Crippen LogP contribution in [-0.4, -0.2) is 12.1 Å². The molecule has 108 valence electrons. The van der Waals surface area contributed by atoms with Crippen LogP contribution in [0, 0.1) is 19.7 Å². The number of anilines is 2. The highest BCUT2D eigenvalue weighted by Gasteiger charge is 2.16. The highest BCUT2D eigenvalue weighted by Crippen LogP contribution is 2.32. The summed E-state index contributed by atoms with van der Waals surface area (Å²) < 4.78 is 19.1. The van der Waals surface area contributed by atoms with Crippen molar-refractivity contribution in [3.05, 3.63) is 33.5 Å². The van der Waals surface area contributed by atoms with E-state index in [4.69, 9.17) is 10.5 Å². The van der Waals surface area contributed by atoms with Crippen LogP contribution in [0.4, 0.5) is 15.8 Å².